The van der Waals surface area contributed by atoms with Crippen molar-refractivity contribution in [1.29, 1.82) is 0 Å². The third kappa shape index (κ3) is 4.29. The molecular weight excluding hydrogens is 534 g/mol. The zero-order valence-electron chi connectivity index (χ0n) is 26.5. The number of hydrogen-bond acceptors (Lipinski definition) is 4. The largest absolute Gasteiger partial charge is 0.445 e. The molecule has 43 heavy (non-hydrogen) atoms. The van der Waals surface area contributed by atoms with E-state index in [9.17, 15) is 4.79 Å². The van der Waals surface area contributed by atoms with Crippen molar-refractivity contribution in [3.63, 3.8) is 0 Å². The summed E-state index contributed by atoms with van der Waals surface area (Å²) < 4.78 is 13.1. The summed E-state index contributed by atoms with van der Waals surface area (Å²) in [6.07, 6.45) is 12.8. The molecule has 230 valence electrons. The van der Waals surface area contributed by atoms with Gasteiger partial charge in [0.25, 0.3) is 0 Å². The fourth-order valence-electron chi connectivity index (χ4n) is 11.4. The van der Waals surface area contributed by atoms with Crippen molar-refractivity contribution in [2.45, 2.75) is 116 Å². The number of hydrogen-bond donors (Lipinski definition) is 1. The van der Waals surface area contributed by atoms with Gasteiger partial charge in [-0.3, -0.25) is 5.10 Å². The second-order valence-corrected chi connectivity index (χ2v) is 15.6. The molecule has 3 heterocycles. The molecule has 1 N–H and O–H groups in total. The van der Waals surface area contributed by atoms with E-state index in [1.807, 2.05) is 35.2 Å². The maximum Gasteiger partial charge on any atom is 0.410 e. The number of allylic oxidation sites excluding steroid dienone is 1. The Morgan fingerprint density at radius 2 is 2.00 bits per heavy atom. The number of carbonyl (C=O) groups excluding carboxylic acids is 1. The van der Waals surface area contributed by atoms with Crippen LogP contribution in [0.2, 0.25) is 0 Å². The van der Waals surface area contributed by atoms with Gasteiger partial charge in [0.1, 0.15) is 6.61 Å². The predicted molar refractivity (Wildman–Crippen MR) is 166 cm³/mol. The minimum absolute atomic E-state index is 0.0868. The standard InChI is InChI=1S/C37H49N3O3/c1-22-16-33-34(40(20-22)35(41)42-21-25-8-6-5-7-9-25)24(3)37(43-33)15-12-26-27-10-11-30-29-19-38-39-32(29)13-14-36(30,4)31(27)17-28(26)23(2)18-37/h5-9,19,22,24,26-27,30-31,33-34H,10-18,20-21H2,1-4H3,(H,38,39)/t22-,24+,26-,27-,30+,31-,33+,34-,36-,37-/m0/s1. The smallest absolute Gasteiger partial charge is 0.410 e. The van der Waals surface area contributed by atoms with Crippen LogP contribution in [0.25, 0.3) is 0 Å². The number of rotatable bonds is 2. The van der Waals surface area contributed by atoms with Crippen LogP contribution in [0.15, 0.2) is 47.7 Å². The van der Waals surface area contributed by atoms with Crippen molar-refractivity contribution in [2.24, 2.45) is 35.0 Å². The number of piperidine rings is 1. The van der Waals surface area contributed by atoms with Crippen molar-refractivity contribution in [3.8, 4) is 0 Å². The van der Waals surface area contributed by atoms with Crippen LogP contribution in [-0.2, 0) is 22.5 Å². The highest BCUT2D eigenvalue weighted by Gasteiger charge is 2.61. The lowest BCUT2D eigenvalue weighted by atomic mass is 9.52. The first-order valence-corrected chi connectivity index (χ1v) is 17.1. The Bertz CT molecular complexity index is 1420. The molecule has 6 heteroatoms. The van der Waals surface area contributed by atoms with E-state index >= 15 is 0 Å². The van der Waals surface area contributed by atoms with Crippen molar-refractivity contribution in [1.82, 2.24) is 15.1 Å². The van der Waals surface area contributed by atoms with Gasteiger partial charge in [-0.05, 0) is 111 Å². The average Bonchev–Trinajstić information content (AvgIpc) is 3.67. The number of aromatic amines is 1. The maximum absolute atomic E-state index is 13.6. The summed E-state index contributed by atoms with van der Waals surface area (Å²) in [5.74, 6) is 3.60. The third-order valence-corrected chi connectivity index (χ3v) is 13.4. The first kappa shape index (κ1) is 27.9. The van der Waals surface area contributed by atoms with Gasteiger partial charge in [-0.25, -0.2) is 4.79 Å². The van der Waals surface area contributed by atoms with Gasteiger partial charge in [0.05, 0.1) is 23.9 Å². The van der Waals surface area contributed by atoms with Gasteiger partial charge in [0, 0.05) is 18.2 Å². The average molecular weight is 584 g/mol. The zero-order chi connectivity index (χ0) is 29.5. The van der Waals surface area contributed by atoms with Crippen molar-refractivity contribution in [2.75, 3.05) is 6.54 Å². The van der Waals surface area contributed by atoms with E-state index in [4.69, 9.17) is 9.47 Å². The number of amides is 1. The van der Waals surface area contributed by atoms with E-state index in [0.717, 1.165) is 49.6 Å². The Hall–Kier alpha value is -2.60. The number of nitrogens with zero attached hydrogens (tertiary/aromatic N) is 2. The molecule has 2 aromatic rings. The van der Waals surface area contributed by atoms with Crippen LogP contribution < -0.4 is 0 Å². The molecule has 1 aromatic heterocycles. The van der Waals surface area contributed by atoms with Crippen LogP contribution in [0.4, 0.5) is 4.79 Å². The summed E-state index contributed by atoms with van der Waals surface area (Å²) in [6.45, 7) is 10.7. The van der Waals surface area contributed by atoms with E-state index < -0.39 is 0 Å². The lowest BCUT2D eigenvalue weighted by Crippen LogP contribution is -2.54. The number of aryl methyl sites for hydroxylation is 1. The van der Waals surface area contributed by atoms with E-state index in [0.29, 0.717) is 29.8 Å². The highest BCUT2D eigenvalue weighted by molar-refractivity contribution is 5.68. The van der Waals surface area contributed by atoms with Crippen LogP contribution in [0, 0.1) is 35.0 Å². The molecule has 10 atom stereocenters. The molecule has 2 saturated carbocycles. The Morgan fingerprint density at radius 1 is 1.16 bits per heavy atom. The summed E-state index contributed by atoms with van der Waals surface area (Å²) in [4.78, 5) is 15.6. The van der Waals surface area contributed by atoms with Crippen molar-refractivity contribution in [3.05, 3.63) is 64.5 Å². The van der Waals surface area contributed by atoms with Crippen LogP contribution in [0.1, 0.15) is 102 Å². The van der Waals surface area contributed by atoms with E-state index in [1.54, 1.807) is 11.1 Å². The van der Waals surface area contributed by atoms with Crippen molar-refractivity contribution < 1.29 is 14.3 Å². The van der Waals surface area contributed by atoms with Gasteiger partial charge in [-0.1, -0.05) is 62.2 Å². The molecule has 2 aliphatic heterocycles. The fourth-order valence-corrected chi connectivity index (χ4v) is 11.4. The first-order chi connectivity index (χ1) is 20.8. The maximum atomic E-state index is 13.6. The fraction of sp³-hybridized carbons (Fsp3) is 0.676. The zero-order valence-corrected chi connectivity index (χ0v) is 26.5. The van der Waals surface area contributed by atoms with Crippen molar-refractivity contribution >= 4 is 6.09 Å². The highest BCUT2D eigenvalue weighted by Crippen LogP contribution is 2.66. The Kier molecular flexibility index (Phi) is 6.63. The van der Waals surface area contributed by atoms with Gasteiger partial charge >= 0.3 is 6.09 Å². The molecule has 1 aromatic carbocycles. The van der Waals surface area contributed by atoms with Crippen LogP contribution in [-0.4, -0.2) is 45.5 Å². The Balaban J connectivity index is 1.03. The molecule has 2 saturated heterocycles. The monoisotopic (exact) mass is 583 g/mol. The number of nitrogens with one attached hydrogen (secondary N) is 1. The quantitative estimate of drug-likeness (QED) is 0.366. The minimum Gasteiger partial charge on any atom is -0.445 e. The summed E-state index contributed by atoms with van der Waals surface area (Å²) >= 11 is 0. The topological polar surface area (TPSA) is 67.5 Å². The first-order valence-electron chi connectivity index (χ1n) is 17.1. The molecule has 6 nitrogen and oxygen atoms in total. The van der Waals surface area contributed by atoms with Crippen LogP contribution >= 0.6 is 0 Å². The van der Waals surface area contributed by atoms with Gasteiger partial charge in [-0.2, -0.15) is 5.10 Å². The number of benzene rings is 1. The lowest BCUT2D eigenvalue weighted by molar-refractivity contribution is -0.0789. The van der Waals surface area contributed by atoms with Gasteiger partial charge < -0.3 is 14.4 Å². The molecule has 0 unspecified atom stereocenters. The second-order valence-electron chi connectivity index (χ2n) is 15.6. The van der Waals surface area contributed by atoms with Crippen LogP contribution in [0.3, 0.4) is 0 Å². The number of carbonyl (C=O) groups is 1. The highest BCUT2D eigenvalue weighted by atomic mass is 16.6. The second kappa shape index (κ2) is 10.2. The van der Waals surface area contributed by atoms with Crippen LogP contribution in [0.5, 0.6) is 0 Å². The third-order valence-electron chi connectivity index (χ3n) is 13.4. The number of H-pyrrole nitrogens is 1. The molecule has 4 fully saturated rings. The van der Waals surface area contributed by atoms with E-state index in [-0.39, 0.29) is 29.8 Å². The Morgan fingerprint density at radius 3 is 2.84 bits per heavy atom. The number of ether oxygens (including phenoxy) is 2. The number of fused-ring (bicyclic) bond motifs is 8. The molecule has 6 aliphatic rings. The molecule has 0 radical (unpaired) electrons. The van der Waals surface area contributed by atoms with E-state index in [1.165, 1.54) is 43.4 Å². The number of aromatic nitrogens is 2. The van der Waals surface area contributed by atoms with E-state index in [2.05, 4.69) is 44.1 Å². The lowest BCUT2D eigenvalue weighted by Gasteiger charge is -2.52. The van der Waals surface area contributed by atoms with Gasteiger partial charge in [-0.15, -0.1) is 0 Å². The normalized spacial score (nSPS) is 41.6. The summed E-state index contributed by atoms with van der Waals surface area (Å²) in [6, 6.07) is 10.1. The molecule has 0 bridgehead atoms. The molecular formula is C37H49N3O3. The summed E-state index contributed by atoms with van der Waals surface area (Å²) in [7, 11) is 0. The summed E-state index contributed by atoms with van der Waals surface area (Å²) in [5.41, 5.74) is 7.49. The Labute approximate surface area is 257 Å². The van der Waals surface area contributed by atoms with Gasteiger partial charge in [0.15, 0.2) is 0 Å². The molecule has 8 rings (SSSR count). The molecule has 4 aliphatic carbocycles. The minimum atomic E-state index is -0.189. The SMILES string of the molecule is CC1=C2C[C@H]3[C@@H](CC[C@@H]4c5cn[nH]c5CC[C@@]43C)[C@@H]2CC[C@@]2(C1)O[C@@H]1C[C@H](C)CN(C(=O)OCc3ccccc3)[C@H]1[C@H]2C. The number of likely N-dealkylation sites (tertiary alicyclic amines) is 1. The molecule has 1 amide bonds. The summed E-state index contributed by atoms with van der Waals surface area (Å²) in [5, 5.41) is 7.76. The van der Waals surface area contributed by atoms with Gasteiger partial charge in [0.2, 0.25) is 0 Å². The predicted octanol–water partition coefficient (Wildman–Crippen LogP) is 7.81. The molecule has 1 spiro atoms.